The SMILES string of the molecule is Cc1cccc(C)c1N1c2ccccc2B2c3cc4c(cc3C(C)(C)c3c2c1cc1c3C2CCC1CC2)C(C)(C)c1c2c(cc3c1C1CCC3CC1)N(c1c(C)cccc1C)c1ccccc1B42. The molecule has 17 rings (SSSR count). The predicted molar refractivity (Wildman–Crippen MR) is 289 cm³/mol. The topological polar surface area (TPSA) is 6.48 Å². The summed E-state index contributed by atoms with van der Waals surface area (Å²) in [6.07, 6.45) is 10.6. The molecule has 0 saturated heterocycles. The molecule has 6 aliphatic carbocycles. The molecule has 7 aromatic rings. The summed E-state index contributed by atoms with van der Waals surface area (Å²) in [5.41, 5.74) is 35.7. The van der Waals surface area contributed by atoms with Crippen LogP contribution in [-0.4, -0.2) is 13.4 Å². The second-order valence-electron chi connectivity index (χ2n) is 23.9. The molecule has 0 aromatic heterocycles. The van der Waals surface area contributed by atoms with Gasteiger partial charge in [-0.2, -0.15) is 0 Å². The molecule has 0 unspecified atom stereocenters. The van der Waals surface area contributed by atoms with Crippen molar-refractivity contribution in [2.45, 2.75) is 141 Å². The first-order valence-electron chi connectivity index (χ1n) is 26.4. The zero-order valence-corrected chi connectivity index (χ0v) is 41.4. The molecule has 68 heavy (non-hydrogen) atoms. The fourth-order valence-corrected chi connectivity index (χ4v) is 17.0. The Labute approximate surface area is 405 Å². The Morgan fingerprint density at radius 3 is 1.16 bits per heavy atom. The van der Waals surface area contributed by atoms with E-state index in [1.807, 2.05) is 0 Å². The molecule has 0 radical (unpaired) electrons. The number of hydrogen-bond acceptors (Lipinski definition) is 2. The van der Waals surface area contributed by atoms with Crippen LogP contribution in [-0.2, 0) is 10.8 Å². The van der Waals surface area contributed by atoms with E-state index in [9.17, 15) is 0 Å². The fraction of sp³-hybridized carbons (Fsp3) is 0.344. The monoisotopic (exact) mass is 881 g/mol. The lowest BCUT2D eigenvalue weighted by molar-refractivity contribution is 0.353. The van der Waals surface area contributed by atoms with Crippen molar-refractivity contribution in [1.82, 2.24) is 0 Å². The summed E-state index contributed by atoms with van der Waals surface area (Å²) in [5, 5.41) is 0. The number of nitrogens with zero attached hydrogens (tertiary/aromatic N) is 2. The van der Waals surface area contributed by atoms with Crippen molar-refractivity contribution in [2.24, 2.45) is 0 Å². The largest absolute Gasteiger partial charge is 0.311 e. The van der Waals surface area contributed by atoms with Gasteiger partial charge in [-0.25, -0.2) is 0 Å². The highest BCUT2D eigenvalue weighted by Crippen LogP contribution is 2.59. The molecular formula is C64H62B2N2. The summed E-state index contributed by atoms with van der Waals surface area (Å²) in [5.74, 6) is 2.58. The first kappa shape index (κ1) is 40.2. The first-order valence-corrected chi connectivity index (χ1v) is 26.4. The van der Waals surface area contributed by atoms with Crippen LogP contribution in [0.4, 0.5) is 34.1 Å². The van der Waals surface area contributed by atoms with Gasteiger partial charge in [0.05, 0.1) is 11.4 Å². The first-order chi connectivity index (χ1) is 32.9. The number of hydrogen-bond donors (Lipinski definition) is 0. The van der Waals surface area contributed by atoms with E-state index in [0.29, 0.717) is 23.7 Å². The molecule has 0 atom stereocenters. The van der Waals surface area contributed by atoms with E-state index in [2.05, 4.69) is 174 Å². The van der Waals surface area contributed by atoms with E-state index in [4.69, 9.17) is 0 Å². The number of rotatable bonds is 2. The molecular weight excluding hydrogens is 818 g/mol. The Hall–Kier alpha value is -5.73. The smallest absolute Gasteiger partial charge is 0.247 e. The Balaban J connectivity index is 1.06. The third-order valence-corrected chi connectivity index (χ3v) is 19.8. The van der Waals surface area contributed by atoms with E-state index in [1.165, 1.54) is 130 Å². The molecule has 4 heterocycles. The predicted octanol–water partition coefficient (Wildman–Crippen LogP) is 12.3. The van der Waals surface area contributed by atoms with E-state index in [0.717, 1.165) is 0 Å². The van der Waals surface area contributed by atoms with Crippen molar-refractivity contribution in [3.8, 4) is 0 Å². The quantitative estimate of drug-likeness (QED) is 0.160. The fourth-order valence-electron chi connectivity index (χ4n) is 17.0. The molecule has 0 spiro atoms. The highest BCUT2D eigenvalue weighted by atomic mass is 15.2. The highest BCUT2D eigenvalue weighted by molar-refractivity contribution is 7.01. The number of aryl methyl sites for hydroxylation is 4. The van der Waals surface area contributed by atoms with Crippen LogP contribution >= 0.6 is 0 Å². The van der Waals surface area contributed by atoms with Gasteiger partial charge < -0.3 is 9.80 Å². The van der Waals surface area contributed by atoms with E-state index >= 15 is 0 Å². The van der Waals surface area contributed by atoms with Crippen LogP contribution < -0.4 is 42.6 Å². The van der Waals surface area contributed by atoms with Crippen molar-refractivity contribution in [2.75, 3.05) is 9.80 Å². The van der Waals surface area contributed by atoms with Crippen molar-refractivity contribution < 1.29 is 0 Å². The molecule has 4 aliphatic heterocycles. The molecule has 2 saturated carbocycles. The molecule has 4 bridgehead atoms. The van der Waals surface area contributed by atoms with Gasteiger partial charge in [0.25, 0.3) is 0 Å². The summed E-state index contributed by atoms with van der Waals surface area (Å²) in [6, 6.07) is 44.0. The zero-order chi connectivity index (χ0) is 45.9. The van der Waals surface area contributed by atoms with Gasteiger partial charge in [-0.15, -0.1) is 0 Å². The molecule has 4 heteroatoms. The highest BCUT2D eigenvalue weighted by Gasteiger charge is 2.55. The van der Waals surface area contributed by atoms with Crippen LogP contribution in [0.1, 0.15) is 169 Å². The van der Waals surface area contributed by atoms with Crippen LogP contribution in [0, 0.1) is 27.7 Å². The minimum atomic E-state index is -0.188. The Morgan fingerprint density at radius 2 is 0.765 bits per heavy atom. The van der Waals surface area contributed by atoms with Crippen molar-refractivity contribution in [1.29, 1.82) is 0 Å². The van der Waals surface area contributed by atoms with Crippen molar-refractivity contribution in [3.05, 3.63) is 176 Å². The average molecular weight is 881 g/mol. The number of para-hydroxylation sites is 4. The summed E-state index contributed by atoms with van der Waals surface area (Å²) in [7, 11) is 0. The summed E-state index contributed by atoms with van der Waals surface area (Å²) >= 11 is 0. The number of benzene rings is 7. The van der Waals surface area contributed by atoms with Crippen LogP contribution in [0.3, 0.4) is 0 Å². The normalized spacial score (nSPS) is 22.9. The summed E-state index contributed by atoms with van der Waals surface area (Å²) in [4.78, 5) is 5.44. The lowest BCUT2D eigenvalue weighted by atomic mass is 9.26. The molecule has 2 nitrogen and oxygen atoms in total. The molecule has 7 aromatic carbocycles. The Kier molecular flexibility index (Phi) is 7.99. The molecule has 0 amide bonds. The lowest BCUT2D eigenvalue weighted by Gasteiger charge is -2.53. The van der Waals surface area contributed by atoms with Gasteiger partial charge in [-0.05, 0) is 216 Å². The maximum Gasteiger partial charge on any atom is 0.247 e. The van der Waals surface area contributed by atoms with Gasteiger partial charge in [-0.3, -0.25) is 0 Å². The Morgan fingerprint density at radius 1 is 0.397 bits per heavy atom. The number of fused-ring (bicyclic) bond motifs is 12. The van der Waals surface area contributed by atoms with Crippen LogP contribution in [0.15, 0.2) is 109 Å². The summed E-state index contributed by atoms with van der Waals surface area (Å²) in [6.45, 7) is 20.1. The maximum absolute atomic E-state index is 2.83. The second kappa shape index (κ2) is 13.5. The average Bonchev–Trinajstić information content (AvgIpc) is 3.34. The van der Waals surface area contributed by atoms with Gasteiger partial charge in [0.15, 0.2) is 0 Å². The minimum Gasteiger partial charge on any atom is -0.311 e. The van der Waals surface area contributed by atoms with E-state index in [-0.39, 0.29) is 24.3 Å². The van der Waals surface area contributed by atoms with Crippen molar-refractivity contribution >= 4 is 80.3 Å². The molecule has 334 valence electrons. The lowest BCUT2D eigenvalue weighted by Crippen LogP contribution is -2.68. The zero-order valence-electron chi connectivity index (χ0n) is 41.4. The number of anilines is 6. The van der Waals surface area contributed by atoms with Gasteiger partial charge in [0, 0.05) is 33.6 Å². The van der Waals surface area contributed by atoms with Gasteiger partial charge in [0.2, 0.25) is 13.4 Å². The third-order valence-electron chi connectivity index (χ3n) is 19.8. The van der Waals surface area contributed by atoms with Crippen LogP contribution in [0.25, 0.3) is 0 Å². The van der Waals surface area contributed by atoms with Crippen molar-refractivity contribution in [3.63, 3.8) is 0 Å². The molecule has 10 aliphatic rings. The third kappa shape index (κ3) is 4.88. The summed E-state index contributed by atoms with van der Waals surface area (Å²) < 4.78 is 0. The standard InChI is InChI=1S/C64H62B2N2/c1-35-15-13-16-36(2)61(35)67-51-21-11-9-19-47(51)65-49-34-50-46(33-45(49)63(5,6)57-55-41-27-23-39(24-28-41)43(55)31-53(67)59(57)65)64(7,8)58-56-42-29-25-40(26-30-42)44(56)32-54-60(58)66(50)48-20-10-12-22-52(48)68(54)62-37(3)17-14-18-38(62)4/h9-22,31-34,39-42H,23-30H2,1-8H3. The van der Waals surface area contributed by atoms with E-state index in [1.54, 1.807) is 55.4 Å². The van der Waals surface area contributed by atoms with Crippen LogP contribution in [0.2, 0.25) is 0 Å². The van der Waals surface area contributed by atoms with Crippen LogP contribution in [0.5, 0.6) is 0 Å². The van der Waals surface area contributed by atoms with Gasteiger partial charge in [-0.1, -0.05) is 124 Å². The van der Waals surface area contributed by atoms with Gasteiger partial charge >= 0.3 is 0 Å². The molecule has 0 N–H and O–H groups in total. The van der Waals surface area contributed by atoms with Gasteiger partial charge in [0.1, 0.15) is 0 Å². The maximum atomic E-state index is 2.83. The molecule has 2 fully saturated rings. The Bertz CT molecular complexity index is 3150. The minimum absolute atomic E-state index is 0.143. The second-order valence-corrected chi connectivity index (χ2v) is 23.9. The van der Waals surface area contributed by atoms with E-state index < -0.39 is 0 Å².